The summed E-state index contributed by atoms with van der Waals surface area (Å²) in [5.74, 6) is -2.66. The second-order valence-corrected chi connectivity index (χ2v) is 4.08. The zero-order chi connectivity index (χ0) is 15.1. The number of nitrogens with one attached hydrogen (secondary N) is 1. The Hall–Kier alpha value is -2.57. The SMILES string of the molecule is COc1cccc(CC(=O)NC(CC(=O)O)C(=O)O)c1. The van der Waals surface area contributed by atoms with Gasteiger partial charge in [-0.15, -0.1) is 0 Å². The van der Waals surface area contributed by atoms with E-state index < -0.39 is 30.3 Å². The van der Waals surface area contributed by atoms with Crippen LogP contribution in [0, 0.1) is 0 Å². The van der Waals surface area contributed by atoms with Crippen LogP contribution in [0.25, 0.3) is 0 Å². The average molecular weight is 281 g/mol. The molecule has 108 valence electrons. The van der Waals surface area contributed by atoms with Gasteiger partial charge in [-0.05, 0) is 17.7 Å². The van der Waals surface area contributed by atoms with Crippen LogP contribution < -0.4 is 10.1 Å². The molecule has 3 N–H and O–H groups in total. The van der Waals surface area contributed by atoms with Crippen molar-refractivity contribution in [1.29, 1.82) is 0 Å². The maximum absolute atomic E-state index is 11.7. The molecule has 0 saturated heterocycles. The van der Waals surface area contributed by atoms with Crippen molar-refractivity contribution in [2.24, 2.45) is 0 Å². The van der Waals surface area contributed by atoms with Crippen molar-refractivity contribution < 1.29 is 29.3 Å². The van der Waals surface area contributed by atoms with E-state index in [9.17, 15) is 14.4 Å². The Kier molecular flexibility index (Phi) is 5.52. The molecule has 1 aromatic carbocycles. The van der Waals surface area contributed by atoms with Gasteiger partial charge in [0.15, 0.2) is 0 Å². The van der Waals surface area contributed by atoms with E-state index in [1.54, 1.807) is 24.3 Å². The van der Waals surface area contributed by atoms with Crippen LogP contribution in [-0.2, 0) is 20.8 Å². The number of carbonyl (C=O) groups is 3. The third-order valence-corrected chi connectivity index (χ3v) is 2.51. The summed E-state index contributed by atoms with van der Waals surface area (Å²) in [5, 5.41) is 19.6. The van der Waals surface area contributed by atoms with E-state index in [0.29, 0.717) is 11.3 Å². The zero-order valence-electron chi connectivity index (χ0n) is 10.8. The number of hydrogen-bond donors (Lipinski definition) is 3. The largest absolute Gasteiger partial charge is 0.497 e. The van der Waals surface area contributed by atoms with Gasteiger partial charge in [0.05, 0.1) is 20.0 Å². The summed E-state index contributed by atoms with van der Waals surface area (Å²) in [6, 6.07) is 5.31. The number of ether oxygens (including phenoxy) is 1. The van der Waals surface area contributed by atoms with E-state index in [1.807, 2.05) is 0 Å². The van der Waals surface area contributed by atoms with Crippen LogP contribution in [0.1, 0.15) is 12.0 Å². The number of amides is 1. The molecule has 0 aliphatic carbocycles. The van der Waals surface area contributed by atoms with Gasteiger partial charge in [-0.1, -0.05) is 12.1 Å². The van der Waals surface area contributed by atoms with Gasteiger partial charge in [0.25, 0.3) is 0 Å². The molecular formula is C13H15NO6. The standard InChI is InChI=1S/C13H15NO6/c1-20-9-4-2-3-8(5-9)6-11(15)14-10(13(18)19)7-12(16)17/h2-5,10H,6-7H2,1H3,(H,14,15)(H,16,17)(H,18,19). The molecule has 0 fully saturated rings. The molecule has 1 unspecified atom stereocenters. The molecule has 0 heterocycles. The fourth-order valence-corrected chi connectivity index (χ4v) is 1.59. The van der Waals surface area contributed by atoms with Crippen molar-refractivity contribution in [2.75, 3.05) is 7.11 Å². The number of carboxylic acid groups (broad SMARTS) is 2. The fraction of sp³-hybridized carbons (Fsp3) is 0.308. The topological polar surface area (TPSA) is 113 Å². The number of benzene rings is 1. The van der Waals surface area contributed by atoms with Gasteiger partial charge in [0, 0.05) is 0 Å². The van der Waals surface area contributed by atoms with E-state index in [1.165, 1.54) is 7.11 Å². The number of carboxylic acids is 2. The molecule has 1 rings (SSSR count). The molecular weight excluding hydrogens is 266 g/mol. The van der Waals surface area contributed by atoms with E-state index in [-0.39, 0.29) is 6.42 Å². The van der Waals surface area contributed by atoms with Crippen molar-refractivity contribution in [3.8, 4) is 5.75 Å². The predicted octanol–water partition coefficient (Wildman–Crippen LogP) is 0.282. The molecule has 0 aliphatic rings. The molecule has 7 heteroatoms. The Balaban J connectivity index is 2.65. The molecule has 20 heavy (non-hydrogen) atoms. The summed E-state index contributed by atoms with van der Waals surface area (Å²) in [4.78, 5) is 33.0. The van der Waals surface area contributed by atoms with Gasteiger partial charge in [0.2, 0.25) is 5.91 Å². The normalized spacial score (nSPS) is 11.4. The third kappa shape index (κ3) is 4.97. The second kappa shape index (κ2) is 7.13. The van der Waals surface area contributed by atoms with Crippen molar-refractivity contribution in [3.63, 3.8) is 0 Å². The third-order valence-electron chi connectivity index (χ3n) is 2.51. The van der Waals surface area contributed by atoms with Gasteiger partial charge in [0.1, 0.15) is 11.8 Å². The van der Waals surface area contributed by atoms with Gasteiger partial charge in [-0.2, -0.15) is 0 Å². The molecule has 0 bridgehead atoms. The van der Waals surface area contributed by atoms with Gasteiger partial charge in [-0.25, -0.2) is 4.79 Å². The maximum atomic E-state index is 11.7. The van der Waals surface area contributed by atoms with Crippen LogP contribution in [0.5, 0.6) is 5.75 Å². The summed E-state index contributed by atoms with van der Waals surface area (Å²) in [6.45, 7) is 0. The van der Waals surface area contributed by atoms with Crippen LogP contribution in [0.4, 0.5) is 0 Å². The Morgan fingerprint density at radius 1 is 1.30 bits per heavy atom. The first-order valence-electron chi connectivity index (χ1n) is 5.79. The van der Waals surface area contributed by atoms with Crippen molar-refractivity contribution in [3.05, 3.63) is 29.8 Å². The molecule has 0 radical (unpaired) electrons. The van der Waals surface area contributed by atoms with Gasteiger partial charge >= 0.3 is 11.9 Å². The first kappa shape index (κ1) is 15.5. The van der Waals surface area contributed by atoms with Gasteiger partial charge in [-0.3, -0.25) is 9.59 Å². The van der Waals surface area contributed by atoms with Crippen molar-refractivity contribution >= 4 is 17.8 Å². The molecule has 0 aromatic heterocycles. The van der Waals surface area contributed by atoms with E-state index in [0.717, 1.165) is 0 Å². The predicted molar refractivity (Wildman–Crippen MR) is 68.5 cm³/mol. The summed E-state index contributed by atoms with van der Waals surface area (Å²) in [5.41, 5.74) is 0.640. The van der Waals surface area contributed by atoms with Crippen LogP contribution in [0.3, 0.4) is 0 Å². The maximum Gasteiger partial charge on any atom is 0.326 e. The highest BCUT2D eigenvalue weighted by Gasteiger charge is 2.22. The first-order chi connectivity index (χ1) is 9.42. The monoisotopic (exact) mass is 281 g/mol. The molecule has 0 aliphatic heterocycles. The molecule has 0 saturated carbocycles. The number of aliphatic carboxylic acids is 2. The highest BCUT2D eigenvalue weighted by molar-refractivity contribution is 5.87. The lowest BCUT2D eigenvalue weighted by Gasteiger charge is -2.12. The summed E-state index contributed by atoms with van der Waals surface area (Å²) in [6.07, 6.45) is -0.722. The molecule has 1 aromatic rings. The lowest BCUT2D eigenvalue weighted by Crippen LogP contribution is -2.42. The Morgan fingerprint density at radius 3 is 2.55 bits per heavy atom. The minimum Gasteiger partial charge on any atom is -0.497 e. The summed E-state index contributed by atoms with van der Waals surface area (Å²) >= 11 is 0. The summed E-state index contributed by atoms with van der Waals surface area (Å²) in [7, 11) is 1.49. The van der Waals surface area contributed by atoms with Crippen LogP contribution >= 0.6 is 0 Å². The number of methoxy groups -OCH3 is 1. The van der Waals surface area contributed by atoms with E-state index in [2.05, 4.69) is 5.32 Å². The minimum atomic E-state index is -1.44. The smallest absolute Gasteiger partial charge is 0.326 e. The van der Waals surface area contributed by atoms with Crippen LogP contribution in [0.2, 0.25) is 0 Å². The Morgan fingerprint density at radius 2 is 2.00 bits per heavy atom. The Labute approximate surface area is 115 Å². The fourth-order valence-electron chi connectivity index (χ4n) is 1.59. The van der Waals surface area contributed by atoms with Crippen molar-refractivity contribution in [1.82, 2.24) is 5.32 Å². The molecule has 7 nitrogen and oxygen atoms in total. The zero-order valence-corrected chi connectivity index (χ0v) is 10.8. The summed E-state index contributed by atoms with van der Waals surface area (Å²) < 4.78 is 5.00. The number of hydrogen-bond acceptors (Lipinski definition) is 4. The first-order valence-corrected chi connectivity index (χ1v) is 5.79. The van der Waals surface area contributed by atoms with Crippen LogP contribution in [0.15, 0.2) is 24.3 Å². The Bertz CT molecular complexity index is 513. The van der Waals surface area contributed by atoms with Crippen LogP contribution in [-0.4, -0.2) is 41.2 Å². The molecule has 0 spiro atoms. The van der Waals surface area contributed by atoms with Crippen molar-refractivity contribution in [2.45, 2.75) is 18.9 Å². The lowest BCUT2D eigenvalue weighted by molar-refractivity contribution is -0.147. The van der Waals surface area contributed by atoms with E-state index in [4.69, 9.17) is 14.9 Å². The second-order valence-electron chi connectivity index (χ2n) is 4.08. The highest BCUT2D eigenvalue weighted by atomic mass is 16.5. The van der Waals surface area contributed by atoms with E-state index >= 15 is 0 Å². The minimum absolute atomic E-state index is 0.0550. The van der Waals surface area contributed by atoms with Gasteiger partial charge < -0.3 is 20.3 Å². The number of rotatable bonds is 7. The average Bonchev–Trinajstić information content (AvgIpc) is 2.37. The molecule has 1 atom stereocenters. The number of carbonyl (C=O) groups excluding carboxylic acids is 1. The highest BCUT2D eigenvalue weighted by Crippen LogP contribution is 2.12. The molecule has 1 amide bonds. The quantitative estimate of drug-likeness (QED) is 0.661. The lowest BCUT2D eigenvalue weighted by atomic mass is 10.1.